The molecule has 1 atom stereocenters. The molecule has 0 fully saturated rings. The minimum Gasteiger partial charge on any atom is -0.481 e. The molecule has 0 spiro atoms. The average molecular weight is 353 g/mol. The highest BCUT2D eigenvalue weighted by Crippen LogP contribution is 2.28. The van der Waals surface area contributed by atoms with Crippen LogP contribution < -0.4 is 0 Å². The fourth-order valence-corrected chi connectivity index (χ4v) is 4.04. The molecule has 6 heteroatoms. The molecule has 136 valence electrons. The first-order valence-corrected chi connectivity index (χ1v) is 9.23. The number of aromatic nitrogens is 2. The maximum atomic E-state index is 13.0. The maximum Gasteiger partial charge on any atom is 0.303 e. The molecule has 1 aliphatic heterocycles. The SMILES string of the molecule is O=C(O)CCc1cc2n(n1)CCN(C(=O)[C@H]1CCc3ccccc3C1)C2. The molecule has 1 aliphatic carbocycles. The Hall–Kier alpha value is -2.63. The number of carbonyl (C=O) groups excluding carboxylic acids is 1. The third-order valence-corrected chi connectivity index (χ3v) is 5.45. The Kier molecular flexibility index (Phi) is 4.49. The number of aryl methyl sites for hydroxylation is 2. The summed E-state index contributed by atoms with van der Waals surface area (Å²) in [7, 11) is 0. The standard InChI is InChI=1S/C20H23N3O3/c24-19(25)8-7-17-12-18-13-22(9-10-23(18)21-17)20(26)16-6-5-14-3-1-2-4-15(14)11-16/h1-4,12,16H,5-11,13H2,(H,24,25)/t16-/m0/s1. The van der Waals surface area contributed by atoms with Gasteiger partial charge in [0.2, 0.25) is 5.91 Å². The highest BCUT2D eigenvalue weighted by molar-refractivity contribution is 5.79. The third-order valence-electron chi connectivity index (χ3n) is 5.45. The van der Waals surface area contributed by atoms with Crippen molar-refractivity contribution >= 4 is 11.9 Å². The zero-order valence-electron chi connectivity index (χ0n) is 14.7. The normalized spacial score (nSPS) is 18.9. The molecule has 1 aromatic carbocycles. The molecule has 26 heavy (non-hydrogen) atoms. The van der Waals surface area contributed by atoms with Crippen LogP contribution in [0.3, 0.4) is 0 Å². The van der Waals surface area contributed by atoms with Crippen molar-refractivity contribution in [1.29, 1.82) is 0 Å². The van der Waals surface area contributed by atoms with Crippen LogP contribution in [0.4, 0.5) is 0 Å². The van der Waals surface area contributed by atoms with Gasteiger partial charge in [-0.05, 0) is 36.5 Å². The average Bonchev–Trinajstić information content (AvgIpc) is 3.07. The summed E-state index contributed by atoms with van der Waals surface area (Å²) in [6.07, 6.45) is 3.23. The monoisotopic (exact) mass is 353 g/mol. The van der Waals surface area contributed by atoms with Crippen molar-refractivity contribution in [2.24, 2.45) is 5.92 Å². The predicted octanol–water partition coefficient (Wildman–Crippen LogP) is 2.05. The number of amides is 1. The lowest BCUT2D eigenvalue weighted by Crippen LogP contribution is -2.43. The molecular weight excluding hydrogens is 330 g/mol. The van der Waals surface area contributed by atoms with Crippen molar-refractivity contribution in [3.63, 3.8) is 0 Å². The lowest BCUT2D eigenvalue weighted by Gasteiger charge is -2.33. The molecule has 6 nitrogen and oxygen atoms in total. The van der Waals surface area contributed by atoms with Crippen LogP contribution in [-0.4, -0.2) is 38.2 Å². The van der Waals surface area contributed by atoms with Crippen molar-refractivity contribution in [3.05, 3.63) is 52.8 Å². The van der Waals surface area contributed by atoms with Crippen molar-refractivity contribution in [2.75, 3.05) is 6.54 Å². The van der Waals surface area contributed by atoms with Crippen molar-refractivity contribution in [1.82, 2.24) is 14.7 Å². The topological polar surface area (TPSA) is 75.4 Å². The highest BCUT2D eigenvalue weighted by atomic mass is 16.4. The first-order valence-electron chi connectivity index (χ1n) is 9.23. The van der Waals surface area contributed by atoms with Crippen molar-refractivity contribution < 1.29 is 14.7 Å². The molecule has 1 amide bonds. The largest absolute Gasteiger partial charge is 0.481 e. The van der Waals surface area contributed by atoms with Crippen LogP contribution in [0.25, 0.3) is 0 Å². The van der Waals surface area contributed by atoms with Crippen LogP contribution in [0.15, 0.2) is 30.3 Å². The van der Waals surface area contributed by atoms with Crippen molar-refractivity contribution in [2.45, 2.75) is 45.2 Å². The van der Waals surface area contributed by atoms with Gasteiger partial charge in [-0.25, -0.2) is 0 Å². The van der Waals surface area contributed by atoms with Gasteiger partial charge < -0.3 is 10.0 Å². The lowest BCUT2D eigenvalue weighted by atomic mass is 9.83. The Morgan fingerprint density at radius 1 is 1.19 bits per heavy atom. The number of carbonyl (C=O) groups is 2. The number of carboxylic acids is 1. The van der Waals surface area contributed by atoms with E-state index in [0.29, 0.717) is 26.1 Å². The molecule has 1 aromatic heterocycles. The Balaban J connectivity index is 1.42. The van der Waals surface area contributed by atoms with E-state index in [1.807, 2.05) is 21.7 Å². The summed E-state index contributed by atoms with van der Waals surface area (Å²) in [5.41, 5.74) is 4.47. The summed E-state index contributed by atoms with van der Waals surface area (Å²) in [6.45, 7) is 1.92. The van der Waals surface area contributed by atoms with E-state index in [1.165, 1.54) is 11.1 Å². The summed E-state index contributed by atoms with van der Waals surface area (Å²) in [5.74, 6) is -0.518. The predicted molar refractivity (Wildman–Crippen MR) is 95.6 cm³/mol. The number of nitrogens with zero attached hydrogens (tertiary/aromatic N) is 3. The van der Waals surface area contributed by atoms with Crippen LogP contribution in [0, 0.1) is 5.92 Å². The van der Waals surface area contributed by atoms with E-state index < -0.39 is 5.97 Å². The number of aliphatic carboxylic acids is 1. The molecule has 4 rings (SSSR count). The number of hydrogen-bond donors (Lipinski definition) is 1. The second-order valence-electron chi connectivity index (χ2n) is 7.21. The van der Waals surface area contributed by atoms with E-state index in [1.54, 1.807) is 0 Å². The number of rotatable bonds is 4. The molecule has 2 aliphatic rings. The fraction of sp³-hybridized carbons (Fsp3) is 0.450. The molecule has 1 N–H and O–H groups in total. The number of benzene rings is 1. The molecule has 0 saturated carbocycles. The van der Waals surface area contributed by atoms with Gasteiger partial charge in [-0.1, -0.05) is 24.3 Å². The van der Waals surface area contributed by atoms with Gasteiger partial charge in [0.15, 0.2) is 0 Å². The van der Waals surface area contributed by atoms with E-state index in [9.17, 15) is 9.59 Å². The Bertz CT molecular complexity index is 843. The van der Waals surface area contributed by atoms with E-state index in [-0.39, 0.29) is 18.2 Å². The summed E-state index contributed by atoms with van der Waals surface area (Å²) in [6, 6.07) is 10.3. The highest BCUT2D eigenvalue weighted by Gasteiger charge is 2.30. The van der Waals surface area contributed by atoms with Crippen molar-refractivity contribution in [3.8, 4) is 0 Å². The van der Waals surface area contributed by atoms with Crippen LogP contribution in [0.1, 0.15) is 35.4 Å². The zero-order chi connectivity index (χ0) is 18.1. The van der Waals surface area contributed by atoms with Gasteiger partial charge in [-0.2, -0.15) is 5.10 Å². The molecule has 0 bridgehead atoms. The van der Waals surface area contributed by atoms with Gasteiger partial charge >= 0.3 is 5.97 Å². The number of hydrogen-bond acceptors (Lipinski definition) is 3. The summed E-state index contributed by atoms with van der Waals surface area (Å²) in [4.78, 5) is 25.7. The van der Waals surface area contributed by atoms with E-state index >= 15 is 0 Å². The smallest absolute Gasteiger partial charge is 0.303 e. The molecular formula is C20H23N3O3. The van der Waals surface area contributed by atoms with Gasteiger partial charge in [-0.15, -0.1) is 0 Å². The van der Waals surface area contributed by atoms with Gasteiger partial charge in [0, 0.05) is 18.9 Å². The van der Waals surface area contributed by atoms with Gasteiger partial charge in [0.25, 0.3) is 0 Å². The minimum absolute atomic E-state index is 0.0610. The van der Waals surface area contributed by atoms with Crippen LogP contribution in [0.5, 0.6) is 0 Å². The Morgan fingerprint density at radius 3 is 2.81 bits per heavy atom. The third kappa shape index (κ3) is 3.36. The Labute approximate surface area is 152 Å². The number of carboxylic acid groups (broad SMARTS) is 1. The fourth-order valence-electron chi connectivity index (χ4n) is 4.04. The van der Waals surface area contributed by atoms with Gasteiger partial charge in [-0.3, -0.25) is 14.3 Å². The quantitative estimate of drug-likeness (QED) is 0.913. The summed E-state index contributed by atoms with van der Waals surface area (Å²) < 4.78 is 1.91. The lowest BCUT2D eigenvalue weighted by molar-refractivity contribution is -0.138. The van der Waals surface area contributed by atoms with E-state index in [0.717, 1.165) is 30.7 Å². The second-order valence-corrected chi connectivity index (χ2v) is 7.21. The number of fused-ring (bicyclic) bond motifs is 2. The van der Waals surface area contributed by atoms with Gasteiger partial charge in [0.1, 0.15) is 0 Å². The summed E-state index contributed by atoms with van der Waals surface area (Å²) >= 11 is 0. The summed E-state index contributed by atoms with van der Waals surface area (Å²) in [5, 5.41) is 13.3. The first-order chi connectivity index (χ1) is 12.6. The maximum absolute atomic E-state index is 13.0. The molecule has 2 aromatic rings. The van der Waals surface area contributed by atoms with Gasteiger partial charge in [0.05, 0.1) is 30.9 Å². The van der Waals surface area contributed by atoms with Crippen LogP contribution >= 0.6 is 0 Å². The van der Waals surface area contributed by atoms with E-state index in [2.05, 4.69) is 23.3 Å². The molecule has 2 heterocycles. The molecule has 0 radical (unpaired) electrons. The second kappa shape index (κ2) is 6.94. The van der Waals surface area contributed by atoms with Crippen LogP contribution in [0.2, 0.25) is 0 Å². The first kappa shape index (κ1) is 16.8. The van der Waals surface area contributed by atoms with E-state index in [4.69, 9.17) is 5.11 Å². The molecule has 0 saturated heterocycles. The molecule has 0 unspecified atom stereocenters. The van der Waals surface area contributed by atoms with Crippen LogP contribution in [-0.2, 0) is 41.9 Å². The minimum atomic E-state index is -0.814. The zero-order valence-corrected chi connectivity index (χ0v) is 14.7. The Morgan fingerprint density at radius 2 is 2.00 bits per heavy atom.